The van der Waals surface area contributed by atoms with E-state index in [1.807, 2.05) is 34.4 Å². The highest BCUT2D eigenvalue weighted by atomic mass is 35.5. The number of carbonyl (C=O) groups is 1. The Kier molecular flexibility index (Phi) is 5.09. The normalized spacial score (nSPS) is 17.3. The first kappa shape index (κ1) is 20.1. The van der Waals surface area contributed by atoms with Crippen molar-refractivity contribution in [1.82, 2.24) is 9.47 Å². The first-order valence-corrected chi connectivity index (χ1v) is 12.9. The third-order valence-electron chi connectivity index (χ3n) is 6.37. The monoisotopic (exact) mass is 479 g/mol. The summed E-state index contributed by atoms with van der Waals surface area (Å²) in [5.74, 6) is 0. The summed E-state index contributed by atoms with van der Waals surface area (Å²) in [7, 11) is 0. The van der Waals surface area contributed by atoms with Crippen LogP contribution in [0, 0.1) is 0 Å². The third-order valence-corrected chi connectivity index (χ3v) is 8.96. The zero-order valence-corrected chi connectivity index (χ0v) is 19.8. The average Bonchev–Trinajstić information content (AvgIpc) is 3.55. The standard InChI is InChI=1S/C25H22ClN3OS2/c26-18-8-2-3-9-19(18)27-25(30)29-15-17-16-7-1-4-11-21(16)32-24(17)28-13-5-10-20(28)23(29)22-12-6-14-31-22/h2-3,5-6,8-10,12-14,23H,1,4,7,11,15H2,(H,27,30)/t23-/m0/s1. The van der Waals surface area contributed by atoms with E-state index in [9.17, 15) is 4.79 Å². The van der Waals surface area contributed by atoms with E-state index in [0.29, 0.717) is 17.3 Å². The lowest BCUT2D eigenvalue weighted by atomic mass is 9.95. The van der Waals surface area contributed by atoms with Gasteiger partial charge >= 0.3 is 6.03 Å². The van der Waals surface area contributed by atoms with Crippen LogP contribution in [0.2, 0.25) is 5.02 Å². The number of fused-ring (bicyclic) bond motifs is 5. The molecule has 32 heavy (non-hydrogen) atoms. The van der Waals surface area contributed by atoms with E-state index in [2.05, 4.69) is 45.7 Å². The van der Waals surface area contributed by atoms with Crippen LogP contribution in [0.5, 0.6) is 0 Å². The average molecular weight is 480 g/mol. The van der Waals surface area contributed by atoms with Crippen LogP contribution in [-0.4, -0.2) is 15.5 Å². The highest BCUT2D eigenvalue weighted by molar-refractivity contribution is 7.15. The van der Waals surface area contributed by atoms with Crippen molar-refractivity contribution in [2.24, 2.45) is 0 Å². The lowest BCUT2D eigenvalue weighted by Crippen LogP contribution is -2.37. The van der Waals surface area contributed by atoms with Gasteiger partial charge in [0.1, 0.15) is 11.0 Å². The zero-order chi connectivity index (χ0) is 21.7. The number of hydrogen-bond acceptors (Lipinski definition) is 3. The Balaban J connectivity index is 1.50. The minimum absolute atomic E-state index is 0.132. The Hall–Kier alpha value is -2.54. The van der Waals surface area contributed by atoms with Crippen molar-refractivity contribution >= 4 is 46.0 Å². The molecule has 4 heterocycles. The lowest BCUT2D eigenvalue weighted by molar-refractivity contribution is 0.195. The summed E-state index contributed by atoms with van der Waals surface area (Å²) in [6.07, 6.45) is 6.85. The molecule has 1 aliphatic heterocycles. The number of aromatic nitrogens is 1. The molecule has 4 aromatic rings. The summed E-state index contributed by atoms with van der Waals surface area (Å²) in [5.41, 5.74) is 4.52. The van der Waals surface area contributed by atoms with Crippen molar-refractivity contribution in [3.8, 4) is 5.00 Å². The first-order chi connectivity index (χ1) is 15.7. The number of aryl methyl sites for hydroxylation is 1. The van der Waals surface area contributed by atoms with Crippen LogP contribution >= 0.6 is 34.3 Å². The van der Waals surface area contributed by atoms with Crippen molar-refractivity contribution in [2.45, 2.75) is 38.3 Å². The highest BCUT2D eigenvalue weighted by Crippen LogP contribution is 2.44. The number of thiophene rings is 2. The Labute approximate surface area is 200 Å². The van der Waals surface area contributed by atoms with E-state index < -0.39 is 0 Å². The van der Waals surface area contributed by atoms with Gasteiger partial charge in [0.25, 0.3) is 0 Å². The van der Waals surface area contributed by atoms with E-state index in [0.717, 1.165) is 23.4 Å². The number of benzene rings is 1. The van der Waals surface area contributed by atoms with Gasteiger partial charge < -0.3 is 14.8 Å². The molecule has 3 aromatic heterocycles. The second-order valence-corrected chi connectivity index (χ2v) is 10.7. The predicted molar refractivity (Wildman–Crippen MR) is 132 cm³/mol. The Morgan fingerprint density at radius 2 is 1.91 bits per heavy atom. The maximum Gasteiger partial charge on any atom is 0.323 e. The van der Waals surface area contributed by atoms with Crippen molar-refractivity contribution in [3.63, 3.8) is 0 Å². The molecule has 162 valence electrons. The van der Waals surface area contributed by atoms with Crippen LogP contribution in [0.3, 0.4) is 0 Å². The second-order valence-electron chi connectivity index (χ2n) is 8.25. The smallest absolute Gasteiger partial charge is 0.310 e. The molecular formula is C25H22ClN3OS2. The molecule has 0 radical (unpaired) electrons. The fourth-order valence-electron chi connectivity index (χ4n) is 4.88. The van der Waals surface area contributed by atoms with Gasteiger partial charge in [-0.25, -0.2) is 4.79 Å². The molecule has 1 atom stereocenters. The van der Waals surface area contributed by atoms with Gasteiger partial charge in [-0.2, -0.15) is 0 Å². The van der Waals surface area contributed by atoms with Crippen LogP contribution in [0.15, 0.2) is 60.1 Å². The van der Waals surface area contributed by atoms with Crippen molar-refractivity contribution < 1.29 is 4.79 Å². The van der Waals surface area contributed by atoms with Gasteiger partial charge in [0.05, 0.1) is 22.9 Å². The van der Waals surface area contributed by atoms with Crippen molar-refractivity contribution in [2.75, 3.05) is 5.32 Å². The number of nitrogens with zero attached hydrogens (tertiary/aromatic N) is 2. The molecular weight excluding hydrogens is 458 g/mol. The largest absolute Gasteiger partial charge is 0.323 e. The molecule has 0 bridgehead atoms. The number of para-hydroxylation sites is 1. The topological polar surface area (TPSA) is 37.3 Å². The van der Waals surface area contributed by atoms with Crippen LogP contribution < -0.4 is 5.32 Å². The number of nitrogens with one attached hydrogen (secondary N) is 1. The molecule has 4 nitrogen and oxygen atoms in total. The fourth-order valence-corrected chi connectivity index (χ4v) is 7.32. The first-order valence-electron chi connectivity index (χ1n) is 10.9. The number of anilines is 1. The maximum atomic E-state index is 13.8. The maximum absolute atomic E-state index is 13.8. The molecule has 1 N–H and O–H groups in total. The number of halogens is 1. The Morgan fingerprint density at radius 1 is 1.03 bits per heavy atom. The second kappa shape index (κ2) is 8.10. The molecule has 2 aliphatic rings. The van der Waals surface area contributed by atoms with E-state index in [1.54, 1.807) is 17.4 Å². The molecule has 0 unspecified atom stereocenters. The molecule has 0 fully saturated rings. The third kappa shape index (κ3) is 3.29. The fraction of sp³-hybridized carbons (Fsp3) is 0.240. The molecule has 6 rings (SSSR count). The van der Waals surface area contributed by atoms with Gasteiger partial charge in [0, 0.05) is 21.5 Å². The SMILES string of the molecule is O=C(Nc1ccccc1Cl)N1Cc2c(sc3c2CCCC3)-n2cccc2[C@H]1c1cccs1. The van der Waals surface area contributed by atoms with E-state index in [4.69, 9.17) is 11.6 Å². The van der Waals surface area contributed by atoms with E-state index >= 15 is 0 Å². The van der Waals surface area contributed by atoms with Gasteiger partial charge in [0.15, 0.2) is 0 Å². The number of rotatable bonds is 2. The Bertz CT molecular complexity index is 1290. The summed E-state index contributed by atoms with van der Waals surface area (Å²) >= 11 is 9.96. The van der Waals surface area contributed by atoms with Crippen LogP contribution in [0.1, 0.15) is 45.5 Å². The molecule has 0 spiro atoms. The predicted octanol–water partition coefficient (Wildman–Crippen LogP) is 7.27. The van der Waals surface area contributed by atoms with Crippen molar-refractivity contribution in [3.05, 3.63) is 91.7 Å². The van der Waals surface area contributed by atoms with Gasteiger partial charge in [0.2, 0.25) is 0 Å². The zero-order valence-electron chi connectivity index (χ0n) is 17.4. The van der Waals surface area contributed by atoms with Crippen LogP contribution in [0.25, 0.3) is 5.00 Å². The summed E-state index contributed by atoms with van der Waals surface area (Å²) in [4.78, 5) is 18.4. The van der Waals surface area contributed by atoms with E-state index in [1.165, 1.54) is 33.8 Å². The summed E-state index contributed by atoms with van der Waals surface area (Å²) in [5, 5.41) is 6.97. The molecule has 1 aromatic carbocycles. The number of carbonyl (C=O) groups excluding carboxylic acids is 1. The molecule has 0 saturated heterocycles. The molecule has 1 aliphatic carbocycles. The number of urea groups is 1. The molecule has 7 heteroatoms. The van der Waals surface area contributed by atoms with Crippen LogP contribution in [-0.2, 0) is 19.4 Å². The van der Waals surface area contributed by atoms with Crippen molar-refractivity contribution in [1.29, 1.82) is 0 Å². The molecule has 0 saturated carbocycles. The number of hydrogen-bond donors (Lipinski definition) is 1. The summed E-state index contributed by atoms with van der Waals surface area (Å²) in [6, 6.07) is 15.5. The Morgan fingerprint density at radius 3 is 2.75 bits per heavy atom. The minimum Gasteiger partial charge on any atom is -0.310 e. The van der Waals surface area contributed by atoms with Gasteiger partial charge in [-0.05, 0) is 67.0 Å². The number of amides is 2. The molecule has 2 amide bonds. The lowest BCUT2D eigenvalue weighted by Gasteiger charge is -2.30. The summed E-state index contributed by atoms with van der Waals surface area (Å²) < 4.78 is 2.31. The van der Waals surface area contributed by atoms with Gasteiger partial charge in [-0.3, -0.25) is 0 Å². The van der Waals surface area contributed by atoms with E-state index in [-0.39, 0.29) is 12.1 Å². The minimum atomic E-state index is -0.161. The van der Waals surface area contributed by atoms with Crippen LogP contribution in [0.4, 0.5) is 10.5 Å². The quantitative estimate of drug-likeness (QED) is 0.322. The van der Waals surface area contributed by atoms with Gasteiger partial charge in [-0.1, -0.05) is 29.8 Å². The summed E-state index contributed by atoms with van der Waals surface area (Å²) in [6.45, 7) is 0.585. The van der Waals surface area contributed by atoms with Gasteiger partial charge in [-0.15, -0.1) is 22.7 Å². The highest BCUT2D eigenvalue weighted by Gasteiger charge is 2.36.